The molecule has 1 fully saturated rings. The number of hydrogen-bond acceptors (Lipinski definition) is 7. The van der Waals surface area contributed by atoms with Gasteiger partial charge in [0.1, 0.15) is 6.10 Å². The number of aliphatic hydroxyl groups is 1. The van der Waals surface area contributed by atoms with E-state index in [1.807, 2.05) is 0 Å². The van der Waals surface area contributed by atoms with E-state index in [4.69, 9.17) is 20.1 Å². The second-order valence-electron chi connectivity index (χ2n) is 4.36. The Kier molecular flexibility index (Phi) is 4.65. The van der Waals surface area contributed by atoms with Crippen LogP contribution < -0.4 is 5.73 Å². The van der Waals surface area contributed by atoms with Crippen LogP contribution in [0.15, 0.2) is 4.52 Å². The highest BCUT2D eigenvalue weighted by atomic mass is 16.5. The van der Waals surface area contributed by atoms with Crippen LogP contribution in [0.3, 0.4) is 0 Å². The van der Waals surface area contributed by atoms with Gasteiger partial charge in [0.2, 0.25) is 11.7 Å². The molecular weight excluding hydrogens is 236 g/mol. The molecule has 0 saturated carbocycles. The van der Waals surface area contributed by atoms with Gasteiger partial charge in [-0.15, -0.1) is 0 Å². The van der Waals surface area contributed by atoms with Crippen LogP contribution >= 0.6 is 0 Å². The molecule has 0 aromatic carbocycles. The van der Waals surface area contributed by atoms with Gasteiger partial charge in [-0.1, -0.05) is 12.1 Å². The molecular formula is C11H20N4O3. The number of ether oxygens (including phenoxy) is 1. The number of nitrogens with zero attached hydrogens (tertiary/aromatic N) is 3. The molecule has 0 amide bonds. The number of morpholine rings is 1. The molecule has 2 atom stereocenters. The summed E-state index contributed by atoms with van der Waals surface area (Å²) in [6.07, 6.45) is 0.256. The summed E-state index contributed by atoms with van der Waals surface area (Å²) in [6, 6.07) is -0.415. The van der Waals surface area contributed by atoms with Crippen molar-refractivity contribution in [3.63, 3.8) is 0 Å². The molecule has 7 heteroatoms. The first kappa shape index (κ1) is 13.4. The molecule has 1 aromatic heterocycles. The van der Waals surface area contributed by atoms with E-state index in [-0.39, 0.29) is 12.7 Å². The van der Waals surface area contributed by atoms with Crippen LogP contribution in [-0.4, -0.2) is 53.0 Å². The summed E-state index contributed by atoms with van der Waals surface area (Å²) < 4.78 is 10.7. The summed E-state index contributed by atoms with van der Waals surface area (Å²) in [5, 5.41) is 12.7. The Labute approximate surface area is 106 Å². The first-order chi connectivity index (χ1) is 8.74. The lowest BCUT2D eigenvalue weighted by molar-refractivity contribution is -0.0334. The fraction of sp³-hybridized carbons (Fsp3) is 0.818. The maximum Gasteiger partial charge on any atom is 0.243 e. The Morgan fingerprint density at radius 3 is 3.17 bits per heavy atom. The SMILES string of the molecule is CCN1CCOC(c2noc(C(N)CCO)n2)C1. The average molecular weight is 256 g/mol. The second kappa shape index (κ2) is 6.24. The molecule has 0 spiro atoms. The smallest absolute Gasteiger partial charge is 0.243 e. The highest BCUT2D eigenvalue weighted by Gasteiger charge is 2.26. The topological polar surface area (TPSA) is 97.6 Å². The summed E-state index contributed by atoms with van der Waals surface area (Å²) in [5.41, 5.74) is 5.79. The lowest BCUT2D eigenvalue weighted by Gasteiger charge is -2.30. The molecule has 1 aliphatic rings. The normalized spacial score (nSPS) is 23.2. The molecule has 2 rings (SSSR count). The van der Waals surface area contributed by atoms with Crippen molar-refractivity contribution in [2.24, 2.45) is 5.73 Å². The molecule has 7 nitrogen and oxygen atoms in total. The highest BCUT2D eigenvalue weighted by Crippen LogP contribution is 2.21. The quantitative estimate of drug-likeness (QED) is 0.755. The average Bonchev–Trinajstić information content (AvgIpc) is 2.89. The maximum absolute atomic E-state index is 8.82. The summed E-state index contributed by atoms with van der Waals surface area (Å²) in [7, 11) is 0. The fourth-order valence-electron chi connectivity index (χ4n) is 1.94. The van der Waals surface area contributed by atoms with Crippen LogP contribution in [-0.2, 0) is 4.74 Å². The zero-order chi connectivity index (χ0) is 13.0. The minimum Gasteiger partial charge on any atom is -0.396 e. The number of likely N-dealkylation sites (N-methyl/N-ethyl adjacent to an activating group) is 1. The van der Waals surface area contributed by atoms with Crippen molar-refractivity contribution >= 4 is 0 Å². The van der Waals surface area contributed by atoms with Gasteiger partial charge in [-0.2, -0.15) is 4.98 Å². The zero-order valence-corrected chi connectivity index (χ0v) is 10.6. The second-order valence-corrected chi connectivity index (χ2v) is 4.36. The molecule has 0 aliphatic carbocycles. The molecule has 102 valence electrons. The van der Waals surface area contributed by atoms with Gasteiger partial charge in [0.25, 0.3) is 0 Å². The number of hydrogen-bond donors (Lipinski definition) is 2. The third kappa shape index (κ3) is 3.05. The van der Waals surface area contributed by atoms with Crippen LogP contribution in [0.2, 0.25) is 0 Å². The van der Waals surface area contributed by atoms with Gasteiger partial charge in [0, 0.05) is 19.7 Å². The predicted molar refractivity (Wildman–Crippen MR) is 63.7 cm³/mol. The molecule has 2 heterocycles. The molecule has 0 bridgehead atoms. The van der Waals surface area contributed by atoms with Gasteiger partial charge in [-0.3, -0.25) is 4.90 Å². The van der Waals surface area contributed by atoms with E-state index in [1.165, 1.54) is 0 Å². The highest BCUT2D eigenvalue weighted by molar-refractivity contribution is 4.97. The molecule has 0 radical (unpaired) electrons. The number of aliphatic hydroxyl groups excluding tert-OH is 1. The van der Waals surface area contributed by atoms with E-state index >= 15 is 0 Å². The van der Waals surface area contributed by atoms with E-state index in [9.17, 15) is 0 Å². The summed E-state index contributed by atoms with van der Waals surface area (Å²) in [5.74, 6) is 0.896. The van der Waals surface area contributed by atoms with Crippen molar-refractivity contribution in [3.8, 4) is 0 Å². The summed E-state index contributed by atoms with van der Waals surface area (Å²) >= 11 is 0. The monoisotopic (exact) mass is 256 g/mol. The van der Waals surface area contributed by atoms with Gasteiger partial charge in [0.05, 0.1) is 12.6 Å². The third-order valence-electron chi connectivity index (χ3n) is 3.10. The first-order valence-electron chi connectivity index (χ1n) is 6.28. The van der Waals surface area contributed by atoms with Crippen LogP contribution in [0, 0.1) is 0 Å². The molecule has 2 unspecified atom stereocenters. The van der Waals surface area contributed by atoms with Crippen LogP contribution in [0.25, 0.3) is 0 Å². The number of rotatable bonds is 5. The lowest BCUT2D eigenvalue weighted by atomic mass is 10.2. The van der Waals surface area contributed by atoms with Crippen molar-refractivity contribution in [2.45, 2.75) is 25.5 Å². The van der Waals surface area contributed by atoms with Crippen molar-refractivity contribution in [3.05, 3.63) is 11.7 Å². The predicted octanol–water partition coefficient (Wildman–Crippen LogP) is -0.155. The Morgan fingerprint density at radius 2 is 2.44 bits per heavy atom. The van der Waals surface area contributed by atoms with Crippen molar-refractivity contribution in [1.82, 2.24) is 15.0 Å². The minimum atomic E-state index is -0.415. The van der Waals surface area contributed by atoms with Gasteiger partial charge >= 0.3 is 0 Å². The lowest BCUT2D eigenvalue weighted by Crippen LogP contribution is -2.38. The maximum atomic E-state index is 8.82. The molecule has 18 heavy (non-hydrogen) atoms. The zero-order valence-electron chi connectivity index (χ0n) is 10.6. The summed E-state index contributed by atoms with van der Waals surface area (Å²) in [4.78, 5) is 6.53. The molecule has 1 saturated heterocycles. The van der Waals surface area contributed by atoms with Gasteiger partial charge in [-0.05, 0) is 13.0 Å². The van der Waals surface area contributed by atoms with Crippen molar-refractivity contribution < 1.29 is 14.4 Å². The Hall–Kier alpha value is -1.02. The Balaban J connectivity index is 2.00. The van der Waals surface area contributed by atoms with E-state index in [1.54, 1.807) is 0 Å². The molecule has 3 N–H and O–H groups in total. The molecule has 1 aliphatic heterocycles. The van der Waals surface area contributed by atoms with Crippen LogP contribution in [0.5, 0.6) is 0 Å². The van der Waals surface area contributed by atoms with Crippen molar-refractivity contribution in [2.75, 3.05) is 32.8 Å². The van der Waals surface area contributed by atoms with E-state index in [2.05, 4.69) is 22.0 Å². The van der Waals surface area contributed by atoms with E-state index < -0.39 is 6.04 Å². The summed E-state index contributed by atoms with van der Waals surface area (Å²) in [6.45, 7) is 5.47. The number of nitrogens with two attached hydrogens (primary N) is 1. The molecule has 1 aromatic rings. The standard InChI is InChI=1S/C11H20N4O3/c1-2-15-4-6-17-9(7-15)10-13-11(18-14-10)8(12)3-5-16/h8-9,16H,2-7,12H2,1H3. The van der Waals surface area contributed by atoms with E-state index in [0.717, 1.165) is 19.6 Å². The van der Waals surface area contributed by atoms with Crippen LogP contribution in [0.4, 0.5) is 0 Å². The van der Waals surface area contributed by atoms with E-state index in [0.29, 0.717) is 24.7 Å². The third-order valence-corrected chi connectivity index (χ3v) is 3.10. The van der Waals surface area contributed by atoms with Gasteiger partial charge in [0.15, 0.2) is 0 Å². The Bertz CT molecular complexity index is 371. The van der Waals surface area contributed by atoms with Crippen molar-refractivity contribution in [1.29, 1.82) is 0 Å². The van der Waals surface area contributed by atoms with Gasteiger partial charge < -0.3 is 20.1 Å². The fourth-order valence-corrected chi connectivity index (χ4v) is 1.94. The Morgan fingerprint density at radius 1 is 1.61 bits per heavy atom. The minimum absolute atomic E-state index is 0.00240. The van der Waals surface area contributed by atoms with Gasteiger partial charge in [-0.25, -0.2) is 0 Å². The number of aromatic nitrogens is 2. The van der Waals surface area contributed by atoms with Crippen LogP contribution in [0.1, 0.15) is 37.2 Å². The first-order valence-corrected chi connectivity index (χ1v) is 6.28. The largest absolute Gasteiger partial charge is 0.396 e.